The SMILES string of the molecule is CCOc1ccccc1C(NC)c1ccccc1Br. The fraction of sp³-hybridized carbons (Fsp3) is 0.250. The second-order valence-electron chi connectivity index (χ2n) is 4.21. The summed E-state index contributed by atoms with van der Waals surface area (Å²) in [7, 11) is 1.97. The summed E-state index contributed by atoms with van der Waals surface area (Å²) in [6, 6.07) is 16.5. The Morgan fingerprint density at radius 2 is 1.68 bits per heavy atom. The zero-order valence-electron chi connectivity index (χ0n) is 11.2. The average Bonchev–Trinajstić information content (AvgIpc) is 2.44. The summed E-state index contributed by atoms with van der Waals surface area (Å²) in [4.78, 5) is 0. The molecule has 0 spiro atoms. The van der Waals surface area contributed by atoms with Gasteiger partial charge in [-0.15, -0.1) is 0 Å². The van der Waals surface area contributed by atoms with E-state index in [0.717, 1.165) is 15.8 Å². The molecule has 1 N–H and O–H groups in total. The van der Waals surface area contributed by atoms with Gasteiger partial charge in [-0.05, 0) is 31.7 Å². The van der Waals surface area contributed by atoms with Crippen LogP contribution in [0.3, 0.4) is 0 Å². The molecule has 100 valence electrons. The normalized spacial score (nSPS) is 12.2. The minimum atomic E-state index is 0.110. The number of rotatable bonds is 5. The molecule has 3 heteroatoms. The maximum Gasteiger partial charge on any atom is 0.124 e. The summed E-state index contributed by atoms with van der Waals surface area (Å²) in [5.41, 5.74) is 2.36. The van der Waals surface area contributed by atoms with Gasteiger partial charge >= 0.3 is 0 Å². The van der Waals surface area contributed by atoms with E-state index in [-0.39, 0.29) is 6.04 Å². The van der Waals surface area contributed by atoms with Crippen LogP contribution >= 0.6 is 15.9 Å². The highest BCUT2D eigenvalue weighted by atomic mass is 79.9. The van der Waals surface area contributed by atoms with Gasteiger partial charge in [-0.3, -0.25) is 0 Å². The van der Waals surface area contributed by atoms with Crippen LogP contribution in [0.5, 0.6) is 5.75 Å². The van der Waals surface area contributed by atoms with Crippen LogP contribution in [0.2, 0.25) is 0 Å². The van der Waals surface area contributed by atoms with E-state index in [1.54, 1.807) is 0 Å². The van der Waals surface area contributed by atoms with Crippen molar-refractivity contribution in [2.45, 2.75) is 13.0 Å². The van der Waals surface area contributed by atoms with Gasteiger partial charge in [0.15, 0.2) is 0 Å². The predicted molar refractivity (Wildman–Crippen MR) is 82.7 cm³/mol. The molecule has 0 radical (unpaired) electrons. The Morgan fingerprint density at radius 3 is 2.32 bits per heavy atom. The van der Waals surface area contributed by atoms with Crippen molar-refractivity contribution in [1.82, 2.24) is 5.32 Å². The molecule has 0 aliphatic heterocycles. The van der Waals surface area contributed by atoms with Crippen molar-refractivity contribution in [3.8, 4) is 5.75 Å². The maximum atomic E-state index is 5.73. The smallest absolute Gasteiger partial charge is 0.124 e. The van der Waals surface area contributed by atoms with Gasteiger partial charge in [-0.1, -0.05) is 52.3 Å². The monoisotopic (exact) mass is 319 g/mol. The molecule has 0 aliphatic rings. The van der Waals surface area contributed by atoms with Crippen molar-refractivity contribution in [2.75, 3.05) is 13.7 Å². The van der Waals surface area contributed by atoms with E-state index in [1.807, 2.05) is 44.3 Å². The summed E-state index contributed by atoms with van der Waals surface area (Å²) in [6.45, 7) is 2.67. The molecule has 1 atom stereocenters. The van der Waals surface area contributed by atoms with Crippen molar-refractivity contribution in [3.05, 3.63) is 64.1 Å². The quantitative estimate of drug-likeness (QED) is 0.893. The lowest BCUT2D eigenvalue weighted by molar-refractivity contribution is 0.334. The van der Waals surface area contributed by atoms with Crippen LogP contribution in [0.25, 0.3) is 0 Å². The molecule has 0 saturated heterocycles. The van der Waals surface area contributed by atoms with Crippen LogP contribution in [0.15, 0.2) is 53.0 Å². The first-order valence-electron chi connectivity index (χ1n) is 6.41. The van der Waals surface area contributed by atoms with Gasteiger partial charge in [0.05, 0.1) is 12.6 Å². The Hall–Kier alpha value is -1.32. The Labute approximate surface area is 122 Å². The number of halogens is 1. The molecule has 2 rings (SSSR count). The molecule has 0 aromatic heterocycles. The Balaban J connectivity index is 2.45. The summed E-state index contributed by atoms with van der Waals surface area (Å²) in [6.07, 6.45) is 0. The second kappa shape index (κ2) is 6.73. The van der Waals surface area contributed by atoms with Gasteiger partial charge in [0, 0.05) is 10.0 Å². The van der Waals surface area contributed by atoms with E-state index in [9.17, 15) is 0 Å². The predicted octanol–water partition coefficient (Wildman–Crippen LogP) is 4.16. The fourth-order valence-electron chi connectivity index (χ4n) is 2.19. The second-order valence-corrected chi connectivity index (χ2v) is 5.07. The lowest BCUT2D eigenvalue weighted by Gasteiger charge is -2.21. The number of para-hydroxylation sites is 1. The molecule has 2 nitrogen and oxygen atoms in total. The maximum absolute atomic E-state index is 5.73. The van der Waals surface area contributed by atoms with Gasteiger partial charge in [0.1, 0.15) is 5.75 Å². The van der Waals surface area contributed by atoms with Crippen molar-refractivity contribution < 1.29 is 4.74 Å². The molecule has 2 aromatic carbocycles. The highest BCUT2D eigenvalue weighted by Crippen LogP contribution is 2.33. The summed E-state index contributed by atoms with van der Waals surface area (Å²) >= 11 is 3.62. The first kappa shape index (κ1) is 14.1. The van der Waals surface area contributed by atoms with E-state index in [0.29, 0.717) is 6.61 Å². The highest BCUT2D eigenvalue weighted by molar-refractivity contribution is 9.10. The standard InChI is InChI=1S/C16H18BrNO/c1-3-19-15-11-7-5-9-13(15)16(18-2)12-8-4-6-10-14(12)17/h4-11,16,18H,3H2,1-2H3. The Bertz CT molecular complexity index is 542. The van der Waals surface area contributed by atoms with E-state index >= 15 is 0 Å². The van der Waals surface area contributed by atoms with Crippen LogP contribution in [-0.2, 0) is 0 Å². The molecule has 2 aromatic rings. The molecular weight excluding hydrogens is 302 g/mol. The first-order valence-corrected chi connectivity index (χ1v) is 7.20. The van der Waals surface area contributed by atoms with Gasteiger partial charge < -0.3 is 10.1 Å². The van der Waals surface area contributed by atoms with Crippen molar-refractivity contribution in [2.24, 2.45) is 0 Å². The van der Waals surface area contributed by atoms with Gasteiger partial charge in [-0.2, -0.15) is 0 Å². The van der Waals surface area contributed by atoms with Crippen molar-refractivity contribution in [3.63, 3.8) is 0 Å². The van der Waals surface area contributed by atoms with Crippen LogP contribution in [0.1, 0.15) is 24.1 Å². The third-order valence-electron chi connectivity index (χ3n) is 3.03. The number of nitrogens with one attached hydrogen (secondary N) is 1. The van der Waals surface area contributed by atoms with E-state index in [4.69, 9.17) is 4.74 Å². The molecule has 0 fully saturated rings. The number of benzene rings is 2. The molecule has 0 saturated carbocycles. The number of hydrogen-bond donors (Lipinski definition) is 1. The molecule has 0 aliphatic carbocycles. The van der Waals surface area contributed by atoms with Gasteiger partial charge in [-0.25, -0.2) is 0 Å². The Morgan fingerprint density at radius 1 is 1.05 bits per heavy atom. The first-order chi connectivity index (χ1) is 9.27. The van der Waals surface area contributed by atoms with Gasteiger partial charge in [0.2, 0.25) is 0 Å². The molecule has 1 unspecified atom stereocenters. The molecule has 0 heterocycles. The Kier molecular flexibility index (Phi) is 5.00. The summed E-state index contributed by atoms with van der Waals surface area (Å²) < 4.78 is 6.82. The lowest BCUT2D eigenvalue weighted by atomic mass is 9.98. The van der Waals surface area contributed by atoms with Crippen LogP contribution in [-0.4, -0.2) is 13.7 Å². The average molecular weight is 320 g/mol. The van der Waals surface area contributed by atoms with Crippen LogP contribution in [0.4, 0.5) is 0 Å². The topological polar surface area (TPSA) is 21.3 Å². The third-order valence-corrected chi connectivity index (χ3v) is 3.76. The summed E-state index contributed by atoms with van der Waals surface area (Å²) in [5.74, 6) is 0.931. The zero-order chi connectivity index (χ0) is 13.7. The highest BCUT2D eigenvalue weighted by Gasteiger charge is 2.18. The summed E-state index contributed by atoms with van der Waals surface area (Å²) in [5, 5.41) is 3.36. The van der Waals surface area contributed by atoms with E-state index < -0.39 is 0 Å². The number of hydrogen-bond acceptors (Lipinski definition) is 2. The van der Waals surface area contributed by atoms with Crippen molar-refractivity contribution in [1.29, 1.82) is 0 Å². The minimum absolute atomic E-state index is 0.110. The van der Waals surface area contributed by atoms with E-state index in [2.05, 4.69) is 39.4 Å². The minimum Gasteiger partial charge on any atom is -0.494 e. The lowest BCUT2D eigenvalue weighted by Crippen LogP contribution is -2.19. The fourth-order valence-corrected chi connectivity index (χ4v) is 2.71. The van der Waals surface area contributed by atoms with Crippen molar-refractivity contribution >= 4 is 15.9 Å². The van der Waals surface area contributed by atoms with Crippen LogP contribution < -0.4 is 10.1 Å². The third kappa shape index (κ3) is 3.17. The molecular formula is C16H18BrNO. The largest absolute Gasteiger partial charge is 0.494 e. The molecule has 0 amide bonds. The van der Waals surface area contributed by atoms with Gasteiger partial charge in [0.25, 0.3) is 0 Å². The van der Waals surface area contributed by atoms with E-state index in [1.165, 1.54) is 5.56 Å². The zero-order valence-corrected chi connectivity index (χ0v) is 12.8. The van der Waals surface area contributed by atoms with Crippen LogP contribution in [0, 0.1) is 0 Å². The molecule has 0 bridgehead atoms. The molecule has 19 heavy (non-hydrogen) atoms. The number of ether oxygens (including phenoxy) is 1.